The summed E-state index contributed by atoms with van der Waals surface area (Å²) in [5, 5.41) is 0. The minimum absolute atomic E-state index is 0.00268. The lowest BCUT2D eigenvalue weighted by molar-refractivity contribution is 0.125. The first-order chi connectivity index (χ1) is 13.7. The summed E-state index contributed by atoms with van der Waals surface area (Å²) < 4.78 is 2.53. The number of hydrogen-bond donors (Lipinski definition) is 0. The molecule has 158 valence electrons. The second kappa shape index (κ2) is 5.21. The molecule has 2 heteroatoms. The normalized spacial score (nSPS) is 23.7. The molecule has 0 saturated carbocycles. The van der Waals surface area contributed by atoms with Crippen LogP contribution in [-0.4, -0.2) is 9.55 Å². The zero-order valence-corrected chi connectivity index (χ0v) is 20.4. The van der Waals surface area contributed by atoms with Gasteiger partial charge in [-0.05, 0) is 58.9 Å². The maximum absolute atomic E-state index is 5.26. The molecule has 5 rings (SSSR count). The number of imidazole rings is 1. The van der Waals surface area contributed by atoms with Gasteiger partial charge in [0, 0.05) is 11.0 Å². The molecule has 1 aliphatic heterocycles. The van der Waals surface area contributed by atoms with E-state index in [4.69, 9.17) is 4.98 Å². The van der Waals surface area contributed by atoms with E-state index in [1.165, 1.54) is 27.8 Å². The number of benzene rings is 2. The molecule has 0 radical (unpaired) electrons. The van der Waals surface area contributed by atoms with E-state index in [0.717, 1.165) is 11.3 Å². The molecule has 0 spiro atoms. The van der Waals surface area contributed by atoms with Crippen molar-refractivity contribution < 1.29 is 0 Å². The molecular formula is C28H36N2. The summed E-state index contributed by atoms with van der Waals surface area (Å²) in [4.78, 5) is 5.26. The highest BCUT2D eigenvalue weighted by Crippen LogP contribution is 2.62. The van der Waals surface area contributed by atoms with E-state index in [1.54, 1.807) is 0 Å². The van der Waals surface area contributed by atoms with Gasteiger partial charge in [-0.15, -0.1) is 0 Å². The van der Waals surface area contributed by atoms with Crippen molar-refractivity contribution in [1.82, 2.24) is 9.55 Å². The number of nitrogens with zero attached hydrogens (tertiary/aromatic N) is 2. The molecule has 0 atom stereocenters. The molecule has 0 N–H and O–H groups in total. The predicted molar refractivity (Wildman–Crippen MR) is 127 cm³/mol. The quantitative estimate of drug-likeness (QED) is 0.386. The lowest BCUT2D eigenvalue weighted by atomic mass is 9.59. The van der Waals surface area contributed by atoms with Crippen LogP contribution in [0.15, 0.2) is 36.4 Å². The molecule has 0 amide bonds. The Kier molecular flexibility index (Phi) is 3.44. The van der Waals surface area contributed by atoms with Crippen molar-refractivity contribution in [3.8, 4) is 11.4 Å². The number of aromatic nitrogens is 2. The summed E-state index contributed by atoms with van der Waals surface area (Å²) in [7, 11) is 0. The van der Waals surface area contributed by atoms with E-state index >= 15 is 0 Å². The summed E-state index contributed by atoms with van der Waals surface area (Å²) in [6, 6.07) is 13.7. The van der Waals surface area contributed by atoms with E-state index < -0.39 is 0 Å². The lowest BCUT2D eigenvalue weighted by Gasteiger charge is -2.48. The summed E-state index contributed by atoms with van der Waals surface area (Å²) >= 11 is 0. The fourth-order valence-electron chi connectivity index (χ4n) is 6.19. The number of rotatable bonds is 0. The molecule has 2 aliphatic rings. The highest BCUT2D eigenvalue weighted by Gasteiger charge is 2.57. The Bertz CT molecular complexity index is 1210. The van der Waals surface area contributed by atoms with Crippen molar-refractivity contribution >= 4 is 11.0 Å². The van der Waals surface area contributed by atoms with E-state index in [0.29, 0.717) is 0 Å². The third-order valence-corrected chi connectivity index (χ3v) is 10.2. The van der Waals surface area contributed by atoms with Gasteiger partial charge in [-0.2, -0.15) is 0 Å². The van der Waals surface area contributed by atoms with Crippen LogP contribution in [0.4, 0.5) is 0 Å². The van der Waals surface area contributed by atoms with Gasteiger partial charge in [-0.1, -0.05) is 79.7 Å². The van der Waals surface area contributed by atoms with Crippen LogP contribution < -0.4 is 0 Å². The van der Waals surface area contributed by atoms with Gasteiger partial charge in [0.25, 0.3) is 0 Å². The molecule has 0 saturated heterocycles. The second-order valence-corrected chi connectivity index (χ2v) is 12.3. The van der Waals surface area contributed by atoms with E-state index in [9.17, 15) is 0 Å². The molecule has 1 aliphatic carbocycles. The summed E-state index contributed by atoms with van der Waals surface area (Å²) in [6.45, 7) is 24.0. The Morgan fingerprint density at radius 1 is 0.667 bits per heavy atom. The minimum Gasteiger partial charge on any atom is -0.317 e. The SMILES string of the molecule is CC1(C)c2ccccc2-c2nc3cc4c(cc3n2C1(C)C)C(C)(C)C(C)(C)C4(C)C. The molecule has 30 heavy (non-hydrogen) atoms. The Balaban J connectivity index is 1.92. The zero-order chi connectivity index (χ0) is 22.1. The third kappa shape index (κ3) is 1.90. The standard InChI is InChI=1S/C28H36N2/c1-24(2)19-15-21-22(16-20(19)25(3,4)27(24,7)8)30-23(29-21)17-13-11-12-14-18(17)26(5,6)28(30,9)10/h11-16H,1-10H3. The fraction of sp³-hybridized carbons (Fsp3) is 0.536. The van der Waals surface area contributed by atoms with Crippen molar-refractivity contribution in [3.05, 3.63) is 53.1 Å². The number of fused-ring (bicyclic) bond motifs is 6. The molecule has 3 aromatic rings. The van der Waals surface area contributed by atoms with Gasteiger partial charge < -0.3 is 4.57 Å². The van der Waals surface area contributed by atoms with Crippen molar-refractivity contribution in [3.63, 3.8) is 0 Å². The summed E-state index contributed by atoms with van der Waals surface area (Å²) in [5.74, 6) is 1.11. The first kappa shape index (κ1) is 19.8. The highest BCUT2D eigenvalue weighted by atomic mass is 15.2. The Labute approximate surface area is 181 Å². The van der Waals surface area contributed by atoms with Crippen LogP contribution in [0.3, 0.4) is 0 Å². The average molecular weight is 401 g/mol. The first-order valence-corrected chi connectivity index (χ1v) is 11.4. The lowest BCUT2D eigenvalue weighted by Crippen LogP contribution is -2.48. The van der Waals surface area contributed by atoms with Crippen LogP contribution in [-0.2, 0) is 21.8 Å². The van der Waals surface area contributed by atoms with Gasteiger partial charge in [0.2, 0.25) is 0 Å². The van der Waals surface area contributed by atoms with Crippen LogP contribution in [0.1, 0.15) is 85.9 Å². The minimum atomic E-state index is -0.0898. The van der Waals surface area contributed by atoms with Crippen molar-refractivity contribution in [2.24, 2.45) is 5.41 Å². The molecule has 0 unspecified atom stereocenters. The van der Waals surface area contributed by atoms with Crippen LogP contribution in [0.2, 0.25) is 0 Å². The molecule has 2 nitrogen and oxygen atoms in total. The Morgan fingerprint density at radius 2 is 1.23 bits per heavy atom. The Morgan fingerprint density at radius 3 is 1.87 bits per heavy atom. The van der Waals surface area contributed by atoms with Gasteiger partial charge in [0.1, 0.15) is 5.82 Å². The zero-order valence-electron chi connectivity index (χ0n) is 20.4. The third-order valence-electron chi connectivity index (χ3n) is 10.2. The van der Waals surface area contributed by atoms with Gasteiger partial charge in [0.15, 0.2) is 0 Å². The number of hydrogen-bond acceptors (Lipinski definition) is 1. The van der Waals surface area contributed by atoms with Crippen LogP contribution in [0, 0.1) is 5.41 Å². The second-order valence-electron chi connectivity index (χ2n) is 12.3. The van der Waals surface area contributed by atoms with Crippen LogP contribution in [0.25, 0.3) is 22.4 Å². The molecule has 2 aromatic carbocycles. The molecule has 2 heterocycles. The van der Waals surface area contributed by atoms with Crippen molar-refractivity contribution in [1.29, 1.82) is 0 Å². The van der Waals surface area contributed by atoms with E-state index in [2.05, 4.69) is 110 Å². The maximum atomic E-state index is 5.26. The monoisotopic (exact) mass is 400 g/mol. The van der Waals surface area contributed by atoms with Crippen LogP contribution >= 0.6 is 0 Å². The highest BCUT2D eigenvalue weighted by molar-refractivity contribution is 5.86. The molecular weight excluding hydrogens is 364 g/mol. The summed E-state index contributed by atoms with van der Waals surface area (Å²) in [5.41, 5.74) is 8.28. The molecule has 0 fully saturated rings. The topological polar surface area (TPSA) is 17.8 Å². The molecule has 0 bridgehead atoms. The van der Waals surface area contributed by atoms with Gasteiger partial charge in [-0.25, -0.2) is 4.98 Å². The van der Waals surface area contributed by atoms with Crippen LogP contribution in [0.5, 0.6) is 0 Å². The van der Waals surface area contributed by atoms with Gasteiger partial charge in [0.05, 0.1) is 16.6 Å². The van der Waals surface area contributed by atoms with E-state index in [1.807, 2.05) is 0 Å². The largest absolute Gasteiger partial charge is 0.317 e. The average Bonchev–Trinajstić information content (AvgIpc) is 3.08. The van der Waals surface area contributed by atoms with Gasteiger partial charge >= 0.3 is 0 Å². The van der Waals surface area contributed by atoms with Gasteiger partial charge in [-0.3, -0.25) is 0 Å². The smallest absolute Gasteiger partial charge is 0.141 e. The maximum Gasteiger partial charge on any atom is 0.141 e. The first-order valence-electron chi connectivity index (χ1n) is 11.4. The summed E-state index contributed by atoms with van der Waals surface area (Å²) in [6.07, 6.45) is 0. The van der Waals surface area contributed by atoms with Crippen molar-refractivity contribution in [2.45, 2.75) is 91.0 Å². The predicted octanol–water partition coefficient (Wildman–Crippen LogP) is 7.32. The molecule has 1 aromatic heterocycles. The fourth-order valence-corrected chi connectivity index (χ4v) is 6.19. The van der Waals surface area contributed by atoms with E-state index in [-0.39, 0.29) is 27.2 Å². The van der Waals surface area contributed by atoms with Crippen molar-refractivity contribution in [2.75, 3.05) is 0 Å². The Hall–Kier alpha value is -2.09.